The van der Waals surface area contributed by atoms with Crippen LogP contribution in [0.1, 0.15) is 30.5 Å². The van der Waals surface area contributed by atoms with Gasteiger partial charge in [0, 0.05) is 25.2 Å². The van der Waals surface area contributed by atoms with Crippen molar-refractivity contribution in [2.75, 3.05) is 26.0 Å². The minimum absolute atomic E-state index is 0.0607. The Hall–Kier alpha value is -3.32. The third-order valence-corrected chi connectivity index (χ3v) is 5.31. The van der Waals surface area contributed by atoms with Gasteiger partial charge in [0.1, 0.15) is 5.75 Å². The monoisotopic (exact) mass is 441 g/mol. The molecule has 1 aliphatic heterocycles. The molecule has 1 unspecified atom stereocenters. The van der Waals surface area contributed by atoms with E-state index in [1.54, 1.807) is 36.3 Å². The largest absolute Gasteiger partial charge is 0.495 e. The van der Waals surface area contributed by atoms with E-state index in [2.05, 4.69) is 5.32 Å². The van der Waals surface area contributed by atoms with Crippen molar-refractivity contribution in [1.29, 1.82) is 0 Å². The maximum Gasteiger partial charge on any atom is 0.244 e. The van der Waals surface area contributed by atoms with E-state index in [1.165, 1.54) is 18.9 Å². The minimum atomic E-state index is -0.426. The number of rotatable bonds is 6. The zero-order chi connectivity index (χ0) is 22.5. The second kappa shape index (κ2) is 9.66. The summed E-state index contributed by atoms with van der Waals surface area (Å²) in [7, 11) is 3.05. The lowest BCUT2D eigenvalue weighted by Gasteiger charge is -2.33. The Labute approximate surface area is 186 Å². The first-order valence-corrected chi connectivity index (χ1v) is 10.1. The molecule has 1 aliphatic rings. The SMILES string of the molecule is COc1ccc(Cl)cc1NC(=O)CN(C)C(=O)CC1c2ccccc2C=CN1C(C)=O. The number of halogens is 1. The molecule has 0 radical (unpaired) electrons. The summed E-state index contributed by atoms with van der Waals surface area (Å²) in [5.74, 6) is -0.329. The van der Waals surface area contributed by atoms with Crippen LogP contribution in [0, 0.1) is 0 Å². The Morgan fingerprint density at radius 3 is 2.65 bits per heavy atom. The van der Waals surface area contributed by atoms with Crippen molar-refractivity contribution < 1.29 is 19.1 Å². The summed E-state index contributed by atoms with van der Waals surface area (Å²) < 4.78 is 5.22. The van der Waals surface area contributed by atoms with E-state index < -0.39 is 6.04 Å². The van der Waals surface area contributed by atoms with E-state index in [0.29, 0.717) is 16.5 Å². The first-order valence-electron chi connectivity index (χ1n) is 9.73. The molecule has 0 saturated carbocycles. The molecule has 2 aromatic carbocycles. The van der Waals surface area contributed by atoms with Crippen LogP contribution in [0.2, 0.25) is 5.02 Å². The zero-order valence-corrected chi connectivity index (χ0v) is 18.3. The molecule has 3 amide bonds. The number of nitrogens with one attached hydrogen (secondary N) is 1. The van der Waals surface area contributed by atoms with E-state index in [-0.39, 0.29) is 30.7 Å². The van der Waals surface area contributed by atoms with Crippen molar-refractivity contribution in [3.8, 4) is 5.75 Å². The van der Waals surface area contributed by atoms with Gasteiger partial charge in [-0.3, -0.25) is 14.4 Å². The first-order chi connectivity index (χ1) is 14.8. The minimum Gasteiger partial charge on any atom is -0.495 e. The third-order valence-electron chi connectivity index (χ3n) is 5.08. The predicted molar refractivity (Wildman–Crippen MR) is 120 cm³/mol. The predicted octanol–water partition coefficient (Wildman–Crippen LogP) is 3.71. The fourth-order valence-electron chi connectivity index (χ4n) is 3.51. The molecule has 0 spiro atoms. The molecule has 1 N–H and O–H groups in total. The Morgan fingerprint density at radius 1 is 1.19 bits per heavy atom. The number of hydrogen-bond acceptors (Lipinski definition) is 4. The highest BCUT2D eigenvalue weighted by Gasteiger charge is 2.29. The molecule has 1 heterocycles. The zero-order valence-electron chi connectivity index (χ0n) is 17.6. The van der Waals surface area contributed by atoms with Crippen LogP contribution in [0.15, 0.2) is 48.7 Å². The van der Waals surface area contributed by atoms with Crippen molar-refractivity contribution >= 4 is 41.1 Å². The molecule has 1 atom stereocenters. The highest BCUT2D eigenvalue weighted by Crippen LogP contribution is 2.33. The number of carbonyl (C=O) groups excluding carboxylic acids is 3. The maximum absolute atomic E-state index is 12.9. The number of hydrogen-bond donors (Lipinski definition) is 1. The lowest BCUT2D eigenvalue weighted by molar-refractivity contribution is -0.136. The van der Waals surface area contributed by atoms with Gasteiger partial charge >= 0.3 is 0 Å². The Balaban J connectivity index is 1.68. The van der Waals surface area contributed by atoms with Crippen molar-refractivity contribution in [3.63, 3.8) is 0 Å². The smallest absolute Gasteiger partial charge is 0.244 e. The molecule has 0 saturated heterocycles. The normalized spacial score (nSPS) is 14.6. The summed E-state index contributed by atoms with van der Waals surface area (Å²) in [6, 6.07) is 12.1. The highest BCUT2D eigenvalue weighted by atomic mass is 35.5. The number of ether oxygens (including phenoxy) is 1. The summed E-state index contributed by atoms with van der Waals surface area (Å²) in [5.41, 5.74) is 2.29. The van der Waals surface area contributed by atoms with Gasteiger partial charge in [0.25, 0.3) is 0 Å². The average Bonchev–Trinajstić information content (AvgIpc) is 2.73. The average molecular weight is 442 g/mol. The Morgan fingerprint density at radius 2 is 1.94 bits per heavy atom. The molecule has 0 fully saturated rings. The van der Waals surface area contributed by atoms with E-state index in [4.69, 9.17) is 16.3 Å². The van der Waals surface area contributed by atoms with Gasteiger partial charge < -0.3 is 19.9 Å². The number of methoxy groups -OCH3 is 1. The Bertz CT molecular complexity index is 1040. The summed E-state index contributed by atoms with van der Waals surface area (Å²) in [4.78, 5) is 40.4. The van der Waals surface area contributed by atoms with Crippen molar-refractivity contribution in [2.24, 2.45) is 0 Å². The van der Waals surface area contributed by atoms with Crippen LogP contribution in [0.4, 0.5) is 5.69 Å². The molecule has 3 rings (SSSR count). The molecule has 7 nitrogen and oxygen atoms in total. The van der Waals surface area contributed by atoms with E-state index >= 15 is 0 Å². The van der Waals surface area contributed by atoms with Crippen LogP contribution < -0.4 is 10.1 Å². The fraction of sp³-hybridized carbons (Fsp3) is 0.261. The van der Waals surface area contributed by atoms with Gasteiger partial charge in [-0.25, -0.2) is 0 Å². The number of carbonyl (C=O) groups is 3. The van der Waals surface area contributed by atoms with Gasteiger partial charge in [0.15, 0.2) is 0 Å². The number of fused-ring (bicyclic) bond motifs is 1. The summed E-state index contributed by atoms with van der Waals surface area (Å²) in [6.07, 6.45) is 3.61. The van der Waals surface area contributed by atoms with E-state index in [1.807, 2.05) is 30.3 Å². The van der Waals surface area contributed by atoms with Gasteiger partial charge in [0.05, 0.1) is 31.8 Å². The standard InChI is InChI=1S/C23H24ClN3O4/c1-15(28)27-11-10-16-6-4-5-7-18(16)20(27)13-23(30)26(2)14-22(29)25-19-12-17(24)8-9-21(19)31-3/h4-12,20H,13-14H2,1-3H3,(H,25,29). The van der Waals surface area contributed by atoms with Gasteiger partial charge in [-0.2, -0.15) is 0 Å². The number of benzene rings is 2. The maximum atomic E-state index is 12.9. The first kappa shape index (κ1) is 22.4. The lowest BCUT2D eigenvalue weighted by atomic mass is 9.93. The van der Waals surface area contributed by atoms with Crippen molar-refractivity contribution in [3.05, 3.63) is 64.8 Å². The Kier molecular flexibility index (Phi) is 6.97. The molecule has 0 aliphatic carbocycles. The van der Waals surface area contributed by atoms with E-state index in [0.717, 1.165) is 11.1 Å². The summed E-state index contributed by atoms with van der Waals surface area (Å²) in [5, 5.41) is 3.17. The molecular formula is C23H24ClN3O4. The molecule has 162 valence electrons. The number of likely N-dealkylation sites (N-methyl/N-ethyl adjacent to an activating group) is 1. The van der Waals surface area contributed by atoms with Crippen LogP contribution in [0.25, 0.3) is 6.08 Å². The molecule has 8 heteroatoms. The van der Waals surface area contributed by atoms with Crippen LogP contribution in [-0.2, 0) is 14.4 Å². The quantitative estimate of drug-likeness (QED) is 0.741. The lowest BCUT2D eigenvalue weighted by Crippen LogP contribution is -2.39. The van der Waals surface area contributed by atoms with Gasteiger partial charge in [0.2, 0.25) is 17.7 Å². The number of anilines is 1. The highest BCUT2D eigenvalue weighted by molar-refractivity contribution is 6.31. The summed E-state index contributed by atoms with van der Waals surface area (Å²) in [6.45, 7) is 1.31. The molecule has 0 bridgehead atoms. The van der Waals surface area contributed by atoms with Gasteiger partial charge in [-0.15, -0.1) is 0 Å². The molecule has 31 heavy (non-hydrogen) atoms. The van der Waals surface area contributed by atoms with Crippen LogP contribution in [0.3, 0.4) is 0 Å². The van der Waals surface area contributed by atoms with Crippen molar-refractivity contribution in [2.45, 2.75) is 19.4 Å². The van der Waals surface area contributed by atoms with E-state index in [9.17, 15) is 14.4 Å². The fourth-order valence-corrected chi connectivity index (χ4v) is 3.68. The van der Waals surface area contributed by atoms with Gasteiger partial charge in [-0.05, 0) is 35.4 Å². The van der Waals surface area contributed by atoms with Crippen LogP contribution >= 0.6 is 11.6 Å². The molecule has 0 aromatic heterocycles. The molecular weight excluding hydrogens is 418 g/mol. The topological polar surface area (TPSA) is 79.0 Å². The van der Waals surface area contributed by atoms with Gasteiger partial charge in [-0.1, -0.05) is 35.9 Å². The van der Waals surface area contributed by atoms with Crippen molar-refractivity contribution in [1.82, 2.24) is 9.80 Å². The second-order valence-corrected chi connectivity index (χ2v) is 7.67. The number of amides is 3. The third kappa shape index (κ3) is 5.24. The van der Waals surface area contributed by atoms with Crippen LogP contribution in [-0.4, -0.2) is 48.2 Å². The number of nitrogens with zero attached hydrogens (tertiary/aromatic N) is 2. The second-order valence-electron chi connectivity index (χ2n) is 7.23. The van der Waals surface area contributed by atoms with Crippen LogP contribution in [0.5, 0.6) is 5.75 Å². The summed E-state index contributed by atoms with van der Waals surface area (Å²) >= 11 is 5.99. The molecule has 2 aromatic rings.